The van der Waals surface area contributed by atoms with Gasteiger partial charge in [0.1, 0.15) is 0 Å². The Kier molecular flexibility index (Phi) is 20.4. The number of nitrogens with one attached hydrogen (secondary N) is 1. The van der Waals surface area contributed by atoms with Crippen LogP contribution in [0.3, 0.4) is 0 Å². The third-order valence-electron chi connectivity index (χ3n) is 3.80. The summed E-state index contributed by atoms with van der Waals surface area (Å²) in [5.74, 6) is -0.257. The maximum Gasteiger partial charge on any atom is 0.328 e. The largest absolute Gasteiger partial charge is 0.478 e. The van der Waals surface area contributed by atoms with Gasteiger partial charge >= 0.3 is 5.97 Å². The van der Waals surface area contributed by atoms with E-state index in [2.05, 4.69) is 37.3 Å². The molecule has 0 aromatic heterocycles. The molecule has 0 unspecified atom stereocenters. The summed E-state index contributed by atoms with van der Waals surface area (Å²) in [6, 6.07) is 7.57. The van der Waals surface area contributed by atoms with Crippen LogP contribution >= 0.6 is 11.9 Å². The summed E-state index contributed by atoms with van der Waals surface area (Å²) in [6.45, 7) is 15.4. The number of aliphatic carboxylic acids is 1. The second-order valence-electron chi connectivity index (χ2n) is 8.02. The first-order valence-electron chi connectivity index (χ1n) is 11.1. The molecule has 5 N–H and O–H groups in total. The van der Waals surface area contributed by atoms with Crippen molar-refractivity contribution in [2.75, 3.05) is 45.6 Å². The van der Waals surface area contributed by atoms with E-state index >= 15 is 0 Å². The van der Waals surface area contributed by atoms with Crippen molar-refractivity contribution in [3.8, 4) is 0 Å². The number of nitrogens with two attached hydrogens (primary N) is 1. The lowest BCUT2D eigenvalue weighted by atomic mass is 10.1. The van der Waals surface area contributed by atoms with E-state index in [1.807, 2.05) is 45.2 Å². The van der Waals surface area contributed by atoms with E-state index in [1.165, 1.54) is 18.0 Å². The molecule has 1 aromatic rings. The number of aliphatic hydroxyl groups excluding tert-OH is 1. The first-order valence-corrected chi connectivity index (χ1v) is 12.0. The van der Waals surface area contributed by atoms with Gasteiger partial charge in [0.2, 0.25) is 0 Å². The van der Waals surface area contributed by atoms with Gasteiger partial charge in [-0.05, 0) is 69.4 Å². The van der Waals surface area contributed by atoms with Gasteiger partial charge in [-0.1, -0.05) is 33.8 Å². The van der Waals surface area contributed by atoms with Crippen LogP contribution in [0.4, 0.5) is 5.69 Å². The maximum atomic E-state index is 10.3. The fourth-order valence-electron chi connectivity index (χ4n) is 2.38. The van der Waals surface area contributed by atoms with Crippen molar-refractivity contribution in [3.63, 3.8) is 0 Å². The molecule has 32 heavy (non-hydrogen) atoms. The van der Waals surface area contributed by atoms with Gasteiger partial charge in [0, 0.05) is 42.9 Å². The van der Waals surface area contributed by atoms with E-state index in [4.69, 9.17) is 20.7 Å². The second kappa shape index (κ2) is 20.1. The van der Waals surface area contributed by atoms with Crippen LogP contribution in [0.1, 0.15) is 48.0 Å². The normalized spacial score (nSPS) is 11.2. The highest BCUT2D eigenvalue weighted by atomic mass is 32.2. The topological polar surface area (TPSA) is 108 Å². The van der Waals surface area contributed by atoms with E-state index in [0.29, 0.717) is 19.0 Å². The summed E-state index contributed by atoms with van der Waals surface area (Å²) in [5, 5.41) is 17.0. The van der Waals surface area contributed by atoms with Crippen LogP contribution < -0.4 is 10.5 Å². The van der Waals surface area contributed by atoms with Crippen molar-refractivity contribution in [2.45, 2.75) is 58.5 Å². The van der Waals surface area contributed by atoms with Crippen molar-refractivity contribution in [3.05, 3.63) is 36.4 Å². The van der Waals surface area contributed by atoms with Crippen molar-refractivity contribution in [1.82, 2.24) is 9.62 Å². The molecule has 8 heteroatoms. The number of hydrogen-bond donors (Lipinski definition) is 4. The van der Waals surface area contributed by atoms with Crippen LogP contribution in [0.15, 0.2) is 41.3 Å². The lowest BCUT2D eigenvalue weighted by molar-refractivity contribution is -0.131. The molecule has 7 nitrogen and oxygen atoms in total. The minimum atomic E-state index is -0.907. The number of carboxylic acids is 1. The lowest BCUT2D eigenvalue weighted by Crippen LogP contribution is -2.39. The smallest absolute Gasteiger partial charge is 0.328 e. The molecular weight excluding hydrogens is 426 g/mol. The van der Waals surface area contributed by atoms with Gasteiger partial charge in [0.25, 0.3) is 0 Å². The Hall–Kier alpha value is -1.58. The van der Waals surface area contributed by atoms with Crippen molar-refractivity contribution >= 4 is 23.6 Å². The number of ether oxygens (including phenoxy) is 1. The highest BCUT2D eigenvalue weighted by molar-refractivity contribution is 7.97. The van der Waals surface area contributed by atoms with Gasteiger partial charge in [-0.3, -0.25) is 9.62 Å². The minimum Gasteiger partial charge on any atom is -0.478 e. The Morgan fingerprint density at radius 2 is 1.88 bits per heavy atom. The molecule has 0 bridgehead atoms. The molecule has 0 saturated heterocycles. The van der Waals surface area contributed by atoms with E-state index < -0.39 is 5.97 Å². The van der Waals surface area contributed by atoms with Crippen LogP contribution in [-0.4, -0.2) is 66.6 Å². The summed E-state index contributed by atoms with van der Waals surface area (Å²) >= 11 is 1.49. The Morgan fingerprint density at radius 3 is 2.38 bits per heavy atom. The fraction of sp³-hybridized carbons (Fsp3) is 0.625. The zero-order chi connectivity index (χ0) is 25.0. The number of hydrogen-bond acceptors (Lipinski definition) is 7. The molecule has 0 spiro atoms. The number of likely N-dealkylation sites (N-methyl/N-ethyl adjacent to an activating group) is 1. The number of aliphatic hydroxyl groups is 1. The molecule has 0 aliphatic carbocycles. The molecule has 186 valence electrons. The van der Waals surface area contributed by atoms with Crippen LogP contribution in [-0.2, 0) is 9.53 Å². The van der Waals surface area contributed by atoms with E-state index in [9.17, 15) is 4.79 Å². The van der Waals surface area contributed by atoms with Crippen molar-refractivity contribution in [2.24, 2.45) is 5.92 Å². The molecule has 0 atom stereocenters. The van der Waals surface area contributed by atoms with Gasteiger partial charge in [-0.2, -0.15) is 0 Å². The number of carbonyl (C=O) groups is 1. The zero-order valence-corrected chi connectivity index (χ0v) is 21.7. The third-order valence-corrected chi connectivity index (χ3v) is 4.66. The first-order chi connectivity index (χ1) is 15.1. The molecule has 0 amide bonds. The average Bonchev–Trinajstić information content (AvgIpc) is 2.70. The quantitative estimate of drug-likeness (QED) is 0.146. The molecule has 0 heterocycles. The first kappa shape index (κ1) is 32.6. The molecule has 0 fully saturated rings. The lowest BCUT2D eigenvalue weighted by Gasteiger charge is -2.30. The summed E-state index contributed by atoms with van der Waals surface area (Å²) in [7, 11) is 1.96. The Morgan fingerprint density at radius 1 is 1.28 bits per heavy atom. The maximum absolute atomic E-state index is 10.3. The third kappa shape index (κ3) is 21.6. The number of carboxylic acid groups (broad SMARTS) is 1. The van der Waals surface area contributed by atoms with E-state index in [1.54, 1.807) is 6.08 Å². The van der Waals surface area contributed by atoms with Gasteiger partial charge in [-0.15, -0.1) is 0 Å². The second-order valence-corrected chi connectivity index (χ2v) is 8.98. The van der Waals surface area contributed by atoms with Crippen molar-refractivity contribution in [1.29, 1.82) is 0 Å². The predicted molar refractivity (Wildman–Crippen MR) is 137 cm³/mol. The highest BCUT2D eigenvalue weighted by Gasteiger charge is 2.20. The Balaban J connectivity index is 0. The number of rotatable bonds is 13. The number of anilines is 1. The molecule has 0 saturated carbocycles. The van der Waals surface area contributed by atoms with Crippen LogP contribution in [0.2, 0.25) is 0 Å². The SMILES string of the molecule is CC.CC(C)CCOC(C)(C)CN(C)C/C=C/C(=O)O.Nc1ccc(SNCCO)cc1. The molecule has 1 rings (SSSR count). The number of benzene rings is 1. The summed E-state index contributed by atoms with van der Waals surface area (Å²) in [5.41, 5.74) is 6.07. The molecule has 0 radical (unpaired) electrons. The molecular formula is C24H45N3O4S. The summed E-state index contributed by atoms with van der Waals surface area (Å²) in [6.07, 6.45) is 3.88. The fourth-order valence-corrected chi connectivity index (χ4v) is 3.01. The number of nitrogen functional groups attached to an aromatic ring is 1. The monoisotopic (exact) mass is 471 g/mol. The minimum absolute atomic E-state index is 0.155. The standard InChI is InChI=1S/C14H27NO3.C8H12N2OS.C2H6/c1-12(2)8-10-18-14(3,4)11-15(5)9-6-7-13(16)17;9-7-1-3-8(4-2-7)12-10-5-6-11;1-2/h6-7,12H,8-11H2,1-5H3,(H,16,17);1-4,10-11H,5-6,9H2;1-2H3/b7-6+;;. The average molecular weight is 472 g/mol. The van der Waals surface area contributed by atoms with E-state index in [-0.39, 0.29) is 12.2 Å². The number of nitrogens with zero attached hydrogens (tertiary/aromatic N) is 1. The van der Waals surface area contributed by atoms with Crippen LogP contribution in [0.25, 0.3) is 0 Å². The summed E-state index contributed by atoms with van der Waals surface area (Å²) in [4.78, 5) is 13.5. The molecule has 0 aliphatic heterocycles. The Labute approximate surface area is 199 Å². The zero-order valence-electron chi connectivity index (χ0n) is 20.9. The highest BCUT2D eigenvalue weighted by Crippen LogP contribution is 2.15. The van der Waals surface area contributed by atoms with Crippen molar-refractivity contribution < 1.29 is 19.7 Å². The van der Waals surface area contributed by atoms with Gasteiger partial charge < -0.3 is 20.7 Å². The van der Waals surface area contributed by atoms with Gasteiger partial charge in [-0.25, -0.2) is 4.79 Å². The van der Waals surface area contributed by atoms with Crippen LogP contribution in [0.5, 0.6) is 0 Å². The summed E-state index contributed by atoms with van der Waals surface area (Å²) < 4.78 is 8.85. The van der Waals surface area contributed by atoms with E-state index in [0.717, 1.165) is 30.2 Å². The molecule has 0 aliphatic rings. The predicted octanol–water partition coefficient (Wildman–Crippen LogP) is 4.28. The van der Waals surface area contributed by atoms with Crippen LogP contribution in [0, 0.1) is 5.92 Å². The van der Waals surface area contributed by atoms with Gasteiger partial charge in [0.05, 0.1) is 12.2 Å². The Bertz CT molecular complexity index is 608. The molecule has 1 aromatic carbocycles. The van der Waals surface area contributed by atoms with Gasteiger partial charge in [0.15, 0.2) is 0 Å².